The first-order chi connectivity index (χ1) is 66.6. The molecule has 135 heavy (non-hydrogen) atoms. The Hall–Kier alpha value is -3.76. The van der Waals surface area contributed by atoms with Gasteiger partial charge in [0.2, 0.25) is 0 Å². The van der Waals surface area contributed by atoms with Crippen LogP contribution in [0.25, 0.3) is 0 Å². The highest BCUT2D eigenvalue weighted by molar-refractivity contribution is 4.98. The third kappa shape index (κ3) is 130. The molecule has 0 heterocycles. The molecule has 3 heteroatoms. The van der Waals surface area contributed by atoms with Gasteiger partial charge in [0.25, 0.3) is 0 Å². The zero-order valence-corrected chi connectivity index (χ0v) is 94.2. The Morgan fingerprint density at radius 3 is 0.452 bits per heavy atom. The highest BCUT2D eigenvalue weighted by Gasteiger charge is 2.11. The molecule has 0 bridgehead atoms. The van der Waals surface area contributed by atoms with Crippen molar-refractivity contribution in [2.75, 3.05) is 61.9 Å². The van der Waals surface area contributed by atoms with Gasteiger partial charge in [-0.2, -0.15) is 0 Å². The molecule has 788 valence electrons. The Morgan fingerprint density at radius 1 is 0.133 bits per heavy atom. The summed E-state index contributed by atoms with van der Waals surface area (Å²) in [5, 5.41) is 0. The molecule has 0 fully saturated rings. The first kappa shape index (κ1) is 135. The maximum Gasteiger partial charge on any atom is -0.00219 e. The smallest absolute Gasteiger partial charge is 0.00219 e. The van der Waals surface area contributed by atoms with Crippen LogP contribution in [-0.4, -0.2) is 76.6 Å². The monoisotopic (exact) mass is 1870 g/mol. The quantitative estimate of drug-likeness (QED) is 0.0444. The van der Waals surface area contributed by atoms with Gasteiger partial charge in [0, 0.05) is 0 Å². The average Bonchev–Trinajstić information content (AvgIpc) is 0.999. The molecule has 0 radical (unpaired) electrons. The summed E-state index contributed by atoms with van der Waals surface area (Å²) >= 11 is 0. The predicted molar refractivity (Wildman–Crippen MR) is 625 cm³/mol. The summed E-state index contributed by atoms with van der Waals surface area (Å²) in [6.07, 6.45) is 183. The summed E-state index contributed by atoms with van der Waals surface area (Å²) in [5.74, 6) is 2.60. The summed E-state index contributed by atoms with van der Waals surface area (Å²) in [4.78, 5) is 6.95. The lowest BCUT2D eigenvalue weighted by molar-refractivity contribution is 0.352. The van der Waals surface area contributed by atoms with Crippen LogP contribution in [0.1, 0.15) is 594 Å². The first-order valence-corrected chi connectivity index (χ1v) is 60.7. The second-order valence-corrected chi connectivity index (χ2v) is 42.0. The second-order valence-electron chi connectivity index (χ2n) is 42.0. The van der Waals surface area contributed by atoms with Crippen LogP contribution in [-0.2, 0) is 0 Å². The third-order valence-electron chi connectivity index (χ3n) is 27.2. The summed E-state index contributed by atoms with van der Waals surface area (Å²) in [7, 11) is 13.2. The van der Waals surface area contributed by atoms with E-state index in [1.807, 2.05) is 0 Å². The lowest BCUT2D eigenvalue weighted by atomic mass is 9.89. The normalized spacial score (nSPS) is 12.7. The van der Waals surface area contributed by atoms with Crippen molar-refractivity contribution in [2.45, 2.75) is 594 Å². The Kier molecular flexibility index (Phi) is 127. The van der Waals surface area contributed by atoms with Crippen LogP contribution in [0.2, 0.25) is 0 Å². The molecule has 0 aliphatic carbocycles. The minimum absolute atomic E-state index is 0.806. The van der Waals surface area contributed by atoms with Crippen molar-refractivity contribution in [3.05, 3.63) is 170 Å². The molecule has 0 atom stereocenters. The van der Waals surface area contributed by atoms with Gasteiger partial charge in [-0.1, -0.05) is 513 Å². The Labute approximate surface area is 852 Å². The summed E-state index contributed by atoms with van der Waals surface area (Å²) < 4.78 is 0. The first-order valence-electron chi connectivity index (χ1n) is 60.7. The molecule has 0 aromatic carbocycles. The van der Waals surface area contributed by atoms with Crippen molar-refractivity contribution < 1.29 is 0 Å². The molecule has 0 rings (SSSR count). The summed E-state index contributed by atoms with van der Waals surface area (Å²) in [5.41, 5.74) is 0. The van der Waals surface area contributed by atoms with Gasteiger partial charge in [0.05, 0.1) is 0 Å². The number of nitrogens with zero attached hydrogens (tertiary/aromatic N) is 3. The lowest BCUT2D eigenvalue weighted by Crippen LogP contribution is -2.12. The topological polar surface area (TPSA) is 9.72 Å². The van der Waals surface area contributed by atoms with Crippen molar-refractivity contribution >= 4 is 0 Å². The SMILES string of the molecule is CCCCC/C=C\C/C=C\CCCCCCCCC(/C=C/CCCN(C)C)CCCCCCCC/C=C\C/C=C\CCCCC.CCCCC/C=C\C/C=C\CCCCCCCCC(/C=C\CCCN(C)C)CCCCCCCC/C=C\C/C=C\CCCCC.CCCCC/C=C\C/C=C\CCCCCCCCC(CCCCCCCC/C=C\C/C=C\CCCCC)CCCCCN(C)C. The molecule has 0 amide bonds. The molecule has 0 aromatic rings. The van der Waals surface area contributed by atoms with Crippen LogP contribution in [0.4, 0.5) is 0 Å². The maximum atomic E-state index is 2.59. The standard InChI is InChI=1S/C44H83N.2C44H81N/c3*1-5-7-9-11-13-15-17-19-21-23-25-27-29-31-33-36-40-44(42-38-35-39-43-45(3)4)41-37-34-32-30-28-26-24-22-20-18-16-14-12-10-8-6-2/h13-16,19-22,44H,5-12,17-18,23-43H2,1-4H3;2*13-16,19-22,38,42,44H,5-12,17-18,23-37,39-41,43H2,1-4H3/b15-13-,16-14-,21-19-,22-20-;15-13-,16-14-,21-19-,22-20-,42-38+;15-13-,16-14-,21-19-,22-20-,42-38-. The van der Waals surface area contributed by atoms with E-state index in [9.17, 15) is 0 Å². The van der Waals surface area contributed by atoms with Gasteiger partial charge < -0.3 is 14.7 Å². The van der Waals surface area contributed by atoms with Crippen molar-refractivity contribution in [1.82, 2.24) is 14.7 Å². The van der Waals surface area contributed by atoms with Crippen LogP contribution in [0.3, 0.4) is 0 Å². The molecule has 0 spiro atoms. The van der Waals surface area contributed by atoms with Crippen LogP contribution in [0.15, 0.2) is 170 Å². The van der Waals surface area contributed by atoms with Gasteiger partial charge in [-0.25, -0.2) is 0 Å². The fourth-order valence-electron chi connectivity index (χ4n) is 18.2. The number of unbranched alkanes of at least 4 members (excludes halogenated alkanes) is 58. The number of rotatable bonds is 106. The van der Waals surface area contributed by atoms with E-state index >= 15 is 0 Å². The molecular weight excluding hydrogens is 1630 g/mol. The number of allylic oxidation sites excluding steroid dienone is 28. The Bertz CT molecular complexity index is 2340. The van der Waals surface area contributed by atoms with Gasteiger partial charge in [0.1, 0.15) is 0 Å². The van der Waals surface area contributed by atoms with Crippen LogP contribution < -0.4 is 0 Å². The van der Waals surface area contributed by atoms with Gasteiger partial charge in [-0.15, -0.1) is 0 Å². The molecule has 0 aromatic heterocycles. The average molecular weight is 1870 g/mol. The number of hydrogen-bond donors (Lipinski definition) is 0. The van der Waals surface area contributed by atoms with E-state index in [0.29, 0.717) is 0 Å². The van der Waals surface area contributed by atoms with E-state index < -0.39 is 0 Å². The van der Waals surface area contributed by atoms with E-state index in [0.717, 1.165) is 56.3 Å². The Balaban J connectivity index is -0.00000194. The van der Waals surface area contributed by atoms with E-state index in [1.54, 1.807) is 0 Å². The van der Waals surface area contributed by atoms with Crippen molar-refractivity contribution in [3.8, 4) is 0 Å². The van der Waals surface area contributed by atoms with Gasteiger partial charge >= 0.3 is 0 Å². The molecule has 0 saturated carbocycles. The number of hydrogen-bond acceptors (Lipinski definition) is 3. The predicted octanol–water partition coefficient (Wildman–Crippen LogP) is 44.9. The van der Waals surface area contributed by atoms with Crippen molar-refractivity contribution in [2.24, 2.45) is 17.8 Å². The zero-order chi connectivity index (χ0) is 98.2. The molecule has 0 N–H and O–H groups in total. The summed E-state index contributed by atoms with van der Waals surface area (Å²) in [6, 6.07) is 0. The van der Waals surface area contributed by atoms with Crippen LogP contribution in [0, 0.1) is 17.8 Å². The lowest BCUT2D eigenvalue weighted by Gasteiger charge is -2.17. The fraction of sp³-hybridized carbons (Fsp3) is 0.788. The fourth-order valence-corrected chi connectivity index (χ4v) is 18.2. The summed E-state index contributed by atoms with van der Waals surface area (Å²) in [6.45, 7) is 17.3. The maximum absolute atomic E-state index is 2.59. The van der Waals surface area contributed by atoms with Crippen LogP contribution >= 0.6 is 0 Å². The Morgan fingerprint density at radius 2 is 0.274 bits per heavy atom. The van der Waals surface area contributed by atoms with Gasteiger partial charge in [0.15, 0.2) is 0 Å². The molecule has 3 nitrogen and oxygen atoms in total. The minimum atomic E-state index is 0.806. The van der Waals surface area contributed by atoms with Gasteiger partial charge in [-0.3, -0.25) is 0 Å². The van der Waals surface area contributed by atoms with E-state index in [-0.39, 0.29) is 0 Å². The van der Waals surface area contributed by atoms with E-state index in [2.05, 4.69) is 269 Å². The third-order valence-corrected chi connectivity index (χ3v) is 27.2. The van der Waals surface area contributed by atoms with Crippen molar-refractivity contribution in [1.29, 1.82) is 0 Å². The second kappa shape index (κ2) is 126. The van der Waals surface area contributed by atoms with Crippen molar-refractivity contribution in [3.63, 3.8) is 0 Å². The molecule has 0 saturated heterocycles. The highest BCUT2D eigenvalue weighted by Crippen LogP contribution is 2.28. The minimum Gasteiger partial charge on any atom is -0.309 e. The van der Waals surface area contributed by atoms with E-state index in [4.69, 9.17) is 0 Å². The highest BCUT2D eigenvalue weighted by atomic mass is 15.1. The molecule has 0 aliphatic rings. The molecular formula is C132H245N3. The molecule has 0 aliphatic heterocycles. The zero-order valence-electron chi connectivity index (χ0n) is 94.2. The molecule has 0 unspecified atom stereocenters. The van der Waals surface area contributed by atoms with Gasteiger partial charge in [-0.05, 0) is 330 Å². The van der Waals surface area contributed by atoms with E-state index in [1.165, 1.54) is 533 Å². The van der Waals surface area contributed by atoms with Crippen LogP contribution in [0.5, 0.6) is 0 Å². The largest absolute Gasteiger partial charge is 0.309 e.